The van der Waals surface area contributed by atoms with Gasteiger partial charge in [0.2, 0.25) is 5.91 Å². The van der Waals surface area contributed by atoms with Crippen molar-refractivity contribution in [2.45, 2.75) is 62.8 Å². The summed E-state index contributed by atoms with van der Waals surface area (Å²) < 4.78 is 2.29. The van der Waals surface area contributed by atoms with Gasteiger partial charge in [0.1, 0.15) is 12.2 Å². The van der Waals surface area contributed by atoms with Crippen LogP contribution in [-0.2, 0) is 16.8 Å². The average Bonchev–Trinajstić information content (AvgIpc) is 3.59. The molecule has 1 aromatic carbocycles. The third-order valence-electron chi connectivity index (χ3n) is 7.88. The van der Waals surface area contributed by atoms with E-state index in [9.17, 15) is 4.79 Å². The number of rotatable bonds is 5. The molecule has 3 aliphatic carbocycles. The smallest absolute Gasteiger partial charge is 0.233 e. The maximum atomic E-state index is 13.6. The summed E-state index contributed by atoms with van der Waals surface area (Å²) in [6, 6.07) is 10.4. The largest absolute Gasteiger partial charge is 0.341 e. The second-order valence-electron chi connectivity index (χ2n) is 9.69. The molecule has 1 amide bonds. The van der Waals surface area contributed by atoms with Crippen LogP contribution in [0.5, 0.6) is 0 Å². The second-order valence-corrected chi connectivity index (χ2v) is 9.69. The fourth-order valence-electron chi connectivity index (χ4n) is 5.68. The fraction of sp³-hybridized carbons (Fsp3) is 0.609. The van der Waals surface area contributed by atoms with Gasteiger partial charge in [-0.15, -0.1) is 10.2 Å². The summed E-state index contributed by atoms with van der Waals surface area (Å²) in [6.07, 6.45) is 10.3. The molecule has 0 N–H and O–H groups in total. The number of carbonyl (C=O) groups excluding carboxylic acids is 1. The number of aromatic nitrogens is 3. The van der Waals surface area contributed by atoms with Crippen molar-refractivity contribution in [2.75, 3.05) is 13.1 Å². The molecule has 1 unspecified atom stereocenters. The Morgan fingerprint density at radius 1 is 1.11 bits per heavy atom. The van der Waals surface area contributed by atoms with E-state index >= 15 is 0 Å². The molecule has 6 rings (SSSR count). The fourth-order valence-corrected chi connectivity index (χ4v) is 5.68. The van der Waals surface area contributed by atoms with E-state index < -0.39 is 0 Å². The van der Waals surface area contributed by atoms with Crippen molar-refractivity contribution < 1.29 is 4.79 Å². The molecule has 2 heterocycles. The van der Waals surface area contributed by atoms with E-state index in [1.54, 1.807) is 0 Å². The standard InChI is InChI=1S/C23H28N4O/c28-21(23(11-12-23)18-5-2-1-3-6-18)26-14-19(22(15-26)9-4-10-22)20-25-24-16-27(20)13-17-7-8-17/h1-3,5-6,16-17,19H,4,7-15H2. The lowest BCUT2D eigenvalue weighted by Gasteiger charge is -2.42. The van der Waals surface area contributed by atoms with Crippen molar-refractivity contribution >= 4 is 5.91 Å². The van der Waals surface area contributed by atoms with Gasteiger partial charge in [-0.25, -0.2) is 0 Å². The van der Waals surface area contributed by atoms with E-state index in [4.69, 9.17) is 0 Å². The Morgan fingerprint density at radius 2 is 1.89 bits per heavy atom. The van der Waals surface area contributed by atoms with Crippen molar-refractivity contribution in [3.63, 3.8) is 0 Å². The number of carbonyl (C=O) groups is 1. The van der Waals surface area contributed by atoms with Crippen LogP contribution in [0.4, 0.5) is 0 Å². The van der Waals surface area contributed by atoms with Crippen LogP contribution in [0, 0.1) is 11.3 Å². The highest BCUT2D eigenvalue weighted by molar-refractivity contribution is 5.91. The zero-order valence-electron chi connectivity index (χ0n) is 16.4. The number of likely N-dealkylation sites (tertiary alicyclic amines) is 1. The summed E-state index contributed by atoms with van der Waals surface area (Å²) in [5, 5.41) is 8.82. The summed E-state index contributed by atoms with van der Waals surface area (Å²) >= 11 is 0. The summed E-state index contributed by atoms with van der Waals surface area (Å²) in [4.78, 5) is 15.8. The highest BCUT2D eigenvalue weighted by atomic mass is 16.2. The number of benzene rings is 1. The number of nitrogens with zero attached hydrogens (tertiary/aromatic N) is 4. The van der Waals surface area contributed by atoms with Gasteiger partial charge in [-0.05, 0) is 55.4 Å². The van der Waals surface area contributed by atoms with Gasteiger partial charge in [-0.3, -0.25) is 4.79 Å². The zero-order valence-corrected chi connectivity index (χ0v) is 16.4. The van der Waals surface area contributed by atoms with Crippen LogP contribution in [0.25, 0.3) is 0 Å². The topological polar surface area (TPSA) is 51.0 Å². The molecule has 4 aliphatic rings. The molecule has 1 atom stereocenters. The first-order chi connectivity index (χ1) is 13.7. The minimum absolute atomic E-state index is 0.233. The van der Waals surface area contributed by atoms with E-state index in [1.165, 1.54) is 37.7 Å². The van der Waals surface area contributed by atoms with Crippen LogP contribution < -0.4 is 0 Å². The van der Waals surface area contributed by atoms with Crippen molar-refractivity contribution in [2.24, 2.45) is 11.3 Å². The van der Waals surface area contributed by atoms with Crippen LogP contribution in [0.15, 0.2) is 36.7 Å². The number of amides is 1. The monoisotopic (exact) mass is 376 g/mol. The van der Waals surface area contributed by atoms with Gasteiger partial charge >= 0.3 is 0 Å². The molecule has 3 saturated carbocycles. The van der Waals surface area contributed by atoms with Crippen LogP contribution in [0.2, 0.25) is 0 Å². The van der Waals surface area contributed by atoms with E-state index in [1.807, 2.05) is 12.4 Å². The predicted molar refractivity (Wildman–Crippen MR) is 106 cm³/mol. The van der Waals surface area contributed by atoms with Gasteiger partial charge in [0, 0.05) is 25.6 Å². The second kappa shape index (κ2) is 5.91. The predicted octanol–water partition coefficient (Wildman–Crippen LogP) is 3.52. The molecule has 146 valence electrons. The summed E-state index contributed by atoms with van der Waals surface area (Å²) in [7, 11) is 0. The van der Waals surface area contributed by atoms with Crippen LogP contribution >= 0.6 is 0 Å². The molecule has 1 spiro atoms. The Kier molecular flexibility index (Phi) is 3.54. The van der Waals surface area contributed by atoms with Crippen molar-refractivity contribution in [1.29, 1.82) is 0 Å². The first-order valence-corrected chi connectivity index (χ1v) is 10.9. The van der Waals surface area contributed by atoms with Gasteiger partial charge in [-0.1, -0.05) is 36.8 Å². The number of hydrogen-bond acceptors (Lipinski definition) is 3. The van der Waals surface area contributed by atoms with E-state index in [0.717, 1.165) is 44.2 Å². The molecule has 1 aromatic heterocycles. The molecule has 0 radical (unpaired) electrons. The Hall–Kier alpha value is -2.17. The molecule has 5 heteroatoms. The lowest BCUT2D eigenvalue weighted by Crippen LogP contribution is -2.41. The van der Waals surface area contributed by atoms with E-state index in [0.29, 0.717) is 11.8 Å². The van der Waals surface area contributed by atoms with E-state index in [2.05, 4.69) is 43.9 Å². The molecule has 2 aromatic rings. The molecule has 1 saturated heterocycles. The molecule has 0 bridgehead atoms. The highest BCUT2D eigenvalue weighted by Gasteiger charge is 2.59. The molecule has 5 nitrogen and oxygen atoms in total. The lowest BCUT2D eigenvalue weighted by molar-refractivity contribution is -0.133. The third kappa shape index (κ3) is 2.48. The lowest BCUT2D eigenvalue weighted by atomic mass is 9.62. The quantitative estimate of drug-likeness (QED) is 0.802. The molecular formula is C23H28N4O. The third-order valence-corrected chi connectivity index (χ3v) is 7.88. The Labute approximate surface area is 166 Å². The Morgan fingerprint density at radius 3 is 2.54 bits per heavy atom. The first-order valence-electron chi connectivity index (χ1n) is 10.9. The Balaban J connectivity index is 1.28. The first kappa shape index (κ1) is 16.8. The normalized spacial score (nSPS) is 27.0. The van der Waals surface area contributed by atoms with Gasteiger partial charge in [0.05, 0.1) is 5.41 Å². The number of hydrogen-bond donors (Lipinski definition) is 0. The molecule has 4 fully saturated rings. The minimum Gasteiger partial charge on any atom is -0.341 e. The van der Waals surface area contributed by atoms with Gasteiger partial charge < -0.3 is 9.47 Å². The zero-order chi connectivity index (χ0) is 18.8. The maximum Gasteiger partial charge on any atom is 0.233 e. The highest BCUT2D eigenvalue weighted by Crippen LogP contribution is 2.58. The van der Waals surface area contributed by atoms with Crippen molar-refractivity contribution in [3.05, 3.63) is 48.0 Å². The van der Waals surface area contributed by atoms with Crippen LogP contribution in [0.1, 0.15) is 62.3 Å². The van der Waals surface area contributed by atoms with Crippen molar-refractivity contribution in [1.82, 2.24) is 19.7 Å². The summed E-state index contributed by atoms with van der Waals surface area (Å²) in [5.74, 6) is 2.63. The van der Waals surface area contributed by atoms with Crippen molar-refractivity contribution in [3.8, 4) is 0 Å². The van der Waals surface area contributed by atoms with Crippen LogP contribution in [-0.4, -0.2) is 38.7 Å². The Bertz CT molecular complexity index is 892. The summed E-state index contributed by atoms with van der Waals surface area (Å²) in [6.45, 7) is 2.77. The molecular weight excluding hydrogens is 348 g/mol. The molecule has 1 aliphatic heterocycles. The van der Waals surface area contributed by atoms with Gasteiger partial charge in [0.15, 0.2) is 0 Å². The maximum absolute atomic E-state index is 13.6. The van der Waals surface area contributed by atoms with Gasteiger partial charge in [-0.2, -0.15) is 0 Å². The van der Waals surface area contributed by atoms with Crippen LogP contribution in [0.3, 0.4) is 0 Å². The van der Waals surface area contributed by atoms with Gasteiger partial charge in [0.25, 0.3) is 0 Å². The SMILES string of the molecule is O=C(N1CC(c2nncn2CC2CC2)C2(CCC2)C1)C1(c2ccccc2)CC1. The minimum atomic E-state index is -0.261. The summed E-state index contributed by atoms with van der Waals surface area (Å²) in [5.41, 5.74) is 1.17. The molecule has 28 heavy (non-hydrogen) atoms. The average molecular weight is 377 g/mol. The van der Waals surface area contributed by atoms with E-state index in [-0.39, 0.29) is 10.8 Å².